The number of hydrogen-bond donors (Lipinski definition) is 0. The second kappa shape index (κ2) is 8.06. The number of halogens is 3. The minimum atomic E-state index is -4.40. The van der Waals surface area contributed by atoms with Gasteiger partial charge in [-0.25, -0.2) is 4.68 Å². The molecule has 0 N–H and O–H groups in total. The van der Waals surface area contributed by atoms with Crippen molar-refractivity contribution >= 4 is 10.9 Å². The lowest BCUT2D eigenvalue weighted by molar-refractivity contribution is -0.137. The topological polar surface area (TPSA) is 30.3 Å². The van der Waals surface area contributed by atoms with Gasteiger partial charge in [-0.1, -0.05) is 31.5 Å². The molecule has 1 aromatic heterocycles. The van der Waals surface area contributed by atoms with E-state index in [1.807, 2.05) is 24.3 Å². The Hall–Kier alpha value is -2.54. The van der Waals surface area contributed by atoms with Crippen LogP contribution in [0.2, 0.25) is 0 Å². The lowest BCUT2D eigenvalue weighted by Crippen LogP contribution is -2.42. The average Bonchev–Trinajstić information content (AvgIpc) is 3.11. The number of piperidine rings is 1. The van der Waals surface area contributed by atoms with Crippen LogP contribution in [0.4, 0.5) is 13.2 Å². The van der Waals surface area contributed by atoms with Crippen LogP contribution in [0.3, 0.4) is 0 Å². The zero-order chi connectivity index (χ0) is 20.4. The van der Waals surface area contributed by atoms with Gasteiger partial charge in [0.1, 0.15) is 0 Å². The number of hydrogen-bond acceptors (Lipinski definition) is 3. The zero-order valence-corrected chi connectivity index (χ0v) is 16.3. The molecule has 0 aliphatic carbocycles. The van der Waals surface area contributed by atoms with Crippen molar-refractivity contribution in [3.8, 4) is 11.6 Å². The van der Waals surface area contributed by atoms with E-state index >= 15 is 0 Å². The highest BCUT2D eigenvalue weighted by Crippen LogP contribution is 2.33. The molecule has 0 radical (unpaired) electrons. The molecule has 0 bridgehead atoms. The van der Waals surface area contributed by atoms with Crippen molar-refractivity contribution in [1.29, 1.82) is 0 Å². The van der Waals surface area contributed by atoms with Crippen molar-refractivity contribution in [2.45, 2.75) is 45.0 Å². The van der Waals surface area contributed by atoms with Crippen LogP contribution in [0.25, 0.3) is 16.6 Å². The van der Waals surface area contributed by atoms with Crippen LogP contribution in [0, 0.1) is 0 Å². The minimum Gasteiger partial charge on any atom is -0.457 e. The van der Waals surface area contributed by atoms with Crippen LogP contribution < -0.4 is 4.74 Å². The van der Waals surface area contributed by atoms with Crippen LogP contribution in [-0.2, 0) is 6.18 Å². The van der Waals surface area contributed by atoms with E-state index in [1.54, 1.807) is 6.07 Å². The lowest BCUT2D eigenvalue weighted by atomic mass is 10.1. The van der Waals surface area contributed by atoms with Crippen molar-refractivity contribution in [1.82, 2.24) is 14.7 Å². The Kier molecular flexibility index (Phi) is 5.50. The van der Waals surface area contributed by atoms with Gasteiger partial charge in [-0.3, -0.25) is 4.90 Å². The van der Waals surface area contributed by atoms with Gasteiger partial charge in [0.2, 0.25) is 5.88 Å². The number of benzene rings is 2. The smallest absolute Gasteiger partial charge is 0.416 e. The summed E-state index contributed by atoms with van der Waals surface area (Å²) < 4.78 is 47.3. The van der Waals surface area contributed by atoms with E-state index in [0.29, 0.717) is 11.6 Å². The van der Waals surface area contributed by atoms with Crippen molar-refractivity contribution in [3.63, 3.8) is 0 Å². The number of aromatic nitrogens is 2. The number of fused-ring (bicyclic) bond motifs is 1. The molecule has 4 nitrogen and oxygen atoms in total. The highest BCUT2D eigenvalue weighted by Gasteiger charge is 2.31. The van der Waals surface area contributed by atoms with Crippen molar-refractivity contribution in [3.05, 3.63) is 54.1 Å². The highest BCUT2D eigenvalue weighted by atomic mass is 19.4. The van der Waals surface area contributed by atoms with Gasteiger partial charge in [-0.2, -0.15) is 13.2 Å². The SMILES string of the molecule is CCC(Oc1nn(-c2cccc(C(F)(F)F)c2)c2ccccc12)N1CCCCC1. The van der Waals surface area contributed by atoms with E-state index in [4.69, 9.17) is 4.74 Å². The predicted octanol–water partition coefficient (Wildman–Crippen LogP) is 5.65. The molecular formula is C22H24F3N3O. The molecule has 154 valence electrons. The van der Waals surface area contributed by atoms with Gasteiger partial charge in [0.15, 0.2) is 6.23 Å². The normalized spacial score (nSPS) is 16.8. The number of ether oxygens (including phenoxy) is 1. The van der Waals surface area contributed by atoms with Crippen molar-refractivity contribution < 1.29 is 17.9 Å². The summed E-state index contributed by atoms with van der Waals surface area (Å²) in [4.78, 5) is 2.32. The molecule has 0 saturated carbocycles. The molecule has 2 heterocycles. The van der Waals surface area contributed by atoms with Crippen LogP contribution in [0.1, 0.15) is 38.2 Å². The maximum Gasteiger partial charge on any atom is 0.416 e. The monoisotopic (exact) mass is 403 g/mol. The van der Waals surface area contributed by atoms with Gasteiger partial charge in [0, 0.05) is 13.1 Å². The standard InChI is InChI=1S/C22H24F3N3O/c1-2-20(27-13-6-3-7-14-27)29-21-18-11-4-5-12-19(18)28(26-21)17-10-8-9-16(15-17)22(23,24)25/h4-5,8-12,15,20H,2-3,6-7,13-14H2,1H3. The van der Waals surface area contributed by atoms with E-state index in [0.717, 1.165) is 55.4 Å². The van der Waals surface area contributed by atoms with E-state index < -0.39 is 11.7 Å². The molecule has 1 fully saturated rings. The highest BCUT2D eigenvalue weighted by molar-refractivity contribution is 5.86. The fourth-order valence-electron chi connectivity index (χ4n) is 3.89. The molecule has 0 spiro atoms. The van der Waals surface area contributed by atoms with Gasteiger partial charge in [0.05, 0.1) is 22.2 Å². The lowest BCUT2D eigenvalue weighted by Gasteiger charge is -2.33. The second-order valence-electron chi connectivity index (χ2n) is 7.36. The molecule has 1 unspecified atom stereocenters. The third-order valence-corrected chi connectivity index (χ3v) is 5.37. The van der Waals surface area contributed by atoms with Crippen molar-refractivity contribution in [2.24, 2.45) is 0 Å². The summed E-state index contributed by atoms with van der Waals surface area (Å²) in [6.45, 7) is 4.06. The molecule has 4 rings (SSSR count). The molecule has 1 aliphatic rings. The molecule has 1 saturated heterocycles. The first-order chi connectivity index (χ1) is 14.0. The van der Waals surface area contributed by atoms with Crippen molar-refractivity contribution in [2.75, 3.05) is 13.1 Å². The third kappa shape index (κ3) is 4.10. The molecular weight excluding hydrogens is 379 g/mol. The molecule has 1 aliphatic heterocycles. The van der Waals surface area contributed by atoms with Crippen LogP contribution in [0.15, 0.2) is 48.5 Å². The maximum absolute atomic E-state index is 13.2. The Bertz CT molecular complexity index is 977. The van der Waals surface area contributed by atoms with Crippen LogP contribution in [0.5, 0.6) is 5.88 Å². The number of nitrogens with zero attached hydrogens (tertiary/aromatic N) is 3. The summed E-state index contributed by atoms with van der Waals surface area (Å²) in [6.07, 6.45) is -0.146. The summed E-state index contributed by atoms with van der Waals surface area (Å²) in [5, 5.41) is 5.36. The Balaban J connectivity index is 1.72. The third-order valence-electron chi connectivity index (χ3n) is 5.37. The molecule has 3 aromatic rings. The summed E-state index contributed by atoms with van der Waals surface area (Å²) >= 11 is 0. The van der Waals surface area contributed by atoms with Gasteiger partial charge >= 0.3 is 6.18 Å². The first-order valence-corrected chi connectivity index (χ1v) is 10.0. The summed E-state index contributed by atoms with van der Waals surface area (Å²) in [6, 6.07) is 12.7. The Labute approximate surface area is 167 Å². The molecule has 1 atom stereocenters. The molecule has 7 heteroatoms. The number of alkyl halides is 3. The fourth-order valence-corrected chi connectivity index (χ4v) is 3.89. The average molecular weight is 403 g/mol. The summed E-state index contributed by atoms with van der Waals surface area (Å²) in [5.41, 5.74) is 0.379. The first kappa shape index (κ1) is 19.8. The number of likely N-dealkylation sites (tertiary alicyclic amines) is 1. The number of para-hydroxylation sites is 1. The predicted molar refractivity (Wildman–Crippen MR) is 106 cm³/mol. The van der Waals surface area contributed by atoms with Gasteiger partial charge in [-0.05, 0) is 49.6 Å². The molecule has 0 amide bonds. The van der Waals surface area contributed by atoms with Crippen LogP contribution in [-0.4, -0.2) is 34.0 Å². The van der Waals surface area contributed by atoms with E-state index in [-0.39, 0.29) is 6.23 Å². The second-order valence-corrected chi connectivity index (χ2v) is 7.36. The van der Waals surface area contributed by atoms with Gasteiger partial charge in [-0.15, -0.1) is 5.10 Å². The fraction of sp³-hybridized carbons (Fsp3) is 0.409. The van der Waals surface area contributed by atoms with E-state index in [1.165, 1.54) is 17.2 Å². The Morgan fingerprint density at radius 3 is 2.52 bits per heavy atom. The molecule has 2 aromatic carbocycles. The molecule has 29 heavy (non-hydrogen) atoms. The van der Waals surface area contributed by atoms with Gasteiger partial charge < -0.3 is 4.74 Å². The quantitative estimate of drug-likeness (QED) is 0.552. The Morgan fingerprint density at radius 2 is 1.79 bits per heavy atom. The minimum absolute atomic E-state index is 0.0939. The summed E-state index contributed by atoms with van der Waals surface area (Å²) in [5.74, 6) is 0.454. The largest absolute Gasteiger partial charge is 0.457 e. The van der Waals surface area contributed by atoms with E-state index in [2.05, 4.69) is 16.9 Å². The van der Waals surface area contributed by atoms with Gasteiger partial charge in [0.25, 0.3) is 0 Å². The number of rotatable bonds is 5. The van der Waals surface area contributed by atoms with E-state index in [9.17, 15) is 13.2 Å². The Morgan fingerprint density at radius 1 is 1.03 bits per heavy atom. The summed E-state index contributed by atoms with van der Waals surface area (Å²) in [7, 11) is 0. The maximum atomic E-state index is 13.2. The first-order valence-electron chi connectivity index (χ1n) is 10.0. The zero-order valence-electron chi connectivity index (χ0n) is 16.3. The van der Waals surface area contributed by atoms with Crippen LogP contribution >= 0.6 is 0 Å².